The predicted octanol–water partition coefficient (Wildman–Crippen LogP) is 16.0. The zero-order valence-electron chi connectivity index (χ0n) is 31.7. The van der Waals surface area contributed by atoms with Gasteiger partial charge in [0.15, 0.2) is 0 Å². The van der Waals surface area contributed by atoms with Crippen LogP contribution in [0.15, 0.2) is 229 Å². The zero-order chi connectivity index (χ0) is 38.4. The SMILES string of the molecule is c1ccc(-c2ccc(-c3ccc(N(c4ccc(-c5cccc6c5ccc5ccccc56)cc4)c4ccccc4-c4ccc5c(c4)oc4ccccc45)cc3)cc2)cc1. The van der Waals surface area contributed by atoms with Crippen LogP contribution >= 0.6 is 0 Å². The molecule has 2 heteroatoms. The first-order valence-corrected chi connectivity index (χ1v) is 19.8. The lowest BCUT2D eigenvalue weighted by Gasteiger charge is -2.28. The first-order valence-electron chi connectivity index (χ1n) is 19.8. The minimum absolute atomic E-state index is 0.884. The summed E-state index contributed by atoms with van der Waals surface area (Å²) in [4.78, 5) is 2.38. The third kappa shape index (κ3) is 5.91. The van der Waals surface area contributed by atoms with Gasteiger partial charge in [0.1, 0.15) is 11.2 Å². The second-order valence-corrected chi connectivity index (χ2v) is 14.9. The maximum absolute atomic E-state index is 6.37. The van der Waals surface area contributed by atoms with E-state index in [-0.39, 0.29) is 0 Å². The monoisotopic (exact) mass is 739 g/mol. The summed E-state index contributed by atoms with van der Waals surface area (Å²) in [6.07, 6.45) is 0. The Morgan fingerprint density at radius 1 is 0.276 bits per heavy atom. The average molecular weight is 740 g/mol. The molecule has 0 atom stereocenters. The molecule has 0 fully saturated rings. The summed E-state index contributed by atoms with van der Waals surface area (Å²) in [6.45, 7) is 0. The van der Waals surface area contributed by atoms with Gasteiger partial charge in [0.05, 0.1) is 5.69 Å². The normalized spacial score (nSPS) is 11.4. The molecule has 0 aliphatic rings. The van der Waals surface area contributed by atoms with Crippen LogP contribution in [0.3, 0.4) is 0 Å². The van der Waals surface area contributed by atoms with Crippen LogP contribution < -0.4 is 4.90 Å². The highest BCUT2D eigenvalue weighted by atomic mass is 16.3. The van der Waals surface area contributed by atoms with Crippen molar-refractivity contribution in [2.45, 2.75) is 0 Å². The van der Waals surface area contributed by atoms with Gasteiger partial charge >= 0.3 is 0 Å². The smallest absolute Gasteiger partial charge is 0.136 e. The molecule has 0 N–H and O–H groups in total. The lowest BCUT2D eigenvalue weighted by atomic mass is 9.94. The quantitative estimate of drug-likeness (QED) is 0.151. The van der Waals surface area contributed by atoms with Crippen LogP contribution in [-0.4, -0.2) is 0 Å². The Morgan fingerprint density at radius 2 is 0.793 bits per heavy atom. The van der Waals surface area contributed by atoms with Crippen LogP contribution in [0.25, 0.3) is 88.0 Å². The Balaban J connectivity index is 1.01. The van der Waals surface area contributed by atoms with Crippen molar-refractivity contribution in [1.82, 2.24) is 0 Å². The van der Waals surface area contributed by atoms with Gasteiger partial charge in [-0.05, 0) is 109 Å². The van der Waals surface area contributed by atoms with Gasteiger partial charge in [0.2, 0.25) is 0 Å². The Kier molecular flexibility index (Phi) is 8.19. The summed E-state index contributed by atoms with van der Waals surface area (Å²) >= 11 is 0. The number of para-hydroxylation sites is 2. The van der Waals surface area contributed by atoms with Gasteiger partial charge in [-0.2, -0.15) is 0 Å². The van der Waals surface area contributed by atoms with Crippen molar-refractivity contribution in [1.29, 1.82) is 0 Å². The molecule has 0 bridgehead atoms. The van der Waals surface area contributed by atoms with Crippen molar-refractivity contribution in [2.75, 3.05) is 4.90 Å². The molecule has 0 saturated carbocycles. The molecule has 0 unspecified atom stereocenters. The van der Waals surface area contributed by atoms with Crippen molar-refractivity contribution < 1.29 is 4.42 Å². The summed E-state index contributed by atoms with van der Waals surface area (Å²) in [5.41, 5.74) is 14.4. The highest BCUT2D eigenvalue weighted by Crippen LogP contribution is 2.43. The van der Waals surface area contributed by atoms with E-state index in [2.05, 4.69) is 217 Å². The van der Waals surface area contributed by atoms with Crippen LogP contribution in [0.4, 0.5) is 17.1 Å². The first-order chi connectivity index (χ1) is 28.7. The highest BCUT2D eigenvalue weighted by Gasteiger charge is 2.19. The summed E-state index contributed by atoms with van der Waals surface area (Å²) in [5.74, 6) is 0. The van der Waals surface area contributed by atoms with E-state index in [9.17, 15) is 0 Å². The van der Waals surface area contributed by atoms with E-state index in [4.69, 9.17) is 4.42 Å². The highest BCUT2D eigenvalue weighted by molar-refractivity contribution is 6.12. The second kappa shape index (κ2) is 14.1. The van der Waals surface area contributed by atoms with E-state index in [1.165, 1.54) is 54.9 Å². The minimum Gasteiger partial charge on any atom is -0.456 e. The first kappa shape index (κ1) is 33.6. The van der Waals surface area contributed by atoms with Crippen LogP contribution in [0.2, 0.25) is 0 Å². The molecule has 1 aromatic heterocycles. The lowest BCUT2D eigenvalue weighted by molar-refractivity contribution is 0.669. The number of fused-ring (bicyclic) bond motifs is 6. The minimum atomic E-state index is 0.884. The zero-order valence-corrected chi connectivity index (χ0v) is 31.7. The fourth-order valence-electron chi connectivity index (χ4n) is 8.60. The molecule has 0 radical (unpaired) electrons. The third-order valence-electron chi connectivity index (χ3n) is 11.5. The van der Waals surface area contributed by atoms with E-state index < -0.39 is 0 Å². The van der Waals surface area contributed by atoms with E-state index >= 15 is 0 Å². The number of hydrogen-bond donors (Lipinski definition) is 0. The largest absolute Gasteiger partial charge is 0.456 e. The summed E-state index contributed by atoms with van der Waals surface area (Å²) in [7, 11) is 0. The molecule has 0 aliphatic carbocycles. The Hall–Kier alpha value is -7.68. The van der Waals surface area contributed by atoms with Crippen LogP contribution in [0.5, 0.6) is 0 Å². The molecule has 11 aromatic rings. The standard InChI is InChI=1S/C56H37NO/c1-2-11-38(12-3-1)39-21-23-40(24-22-39)41-25-31-45(32-26-41)57(54-19-8-6-15-49(54)44-30-36-53-52-16-7-9-20-55(52)58-56(53)37-44)46-33-27-43(28-34-46)48-17-10-18-50-47-14-5-4-13-42(47)29-35-51(48)50/h1-37H. The van der Waals surface area contributed by atoms with Crippen LogP contribution in [0.1, 0.15) is 0 Å². The van der Waals surface area contributed by atoms with Gasteiger partial charge in [-0.3, -0.25) is 0 Å². The number of benzene rings is 10. The van der Waals surface area contributed by atoms with E-state index in [1.807, 2.05) is 12.1 Å². The number of nitrogens with zero attached hydrogens (tertiary/aromatic N) is 1. The fraction of sp³-hybridized carbons (Fsp3) is 0. The molecule has 11 rings (SSSR count). The molecule has 1 heterocycles. The van der Waals surface area contributed by atoms with Gasteiger partial charge in [-0.1, -0.05) is 176 Å². The fourth-order valence-corrected chi connectivity index (χ4v) is 8.60. The predicted molar refractivity (Wildman–Crippen MR) is 245 cm³/mol. The Bertz CT molecular complexity index is 3250. The van der Waals surface area contributed by atoms with Gasteiger partial charge in [0.25, 0.3) is 0 Å². The average Bonchev–Trinajstić information content (AvgIpc) is 3.68. The number of rotatable bonds is 7. The maximum Gasteiger partial charge on any atom is 0.136 e. The molecule has 0 aliphatic heterocycles. The molecule has 10 aromatic carbocycles. The molecule has 58 heavy (non-hydrogen) atoms. The third-order valence-corrected chi connectivity index (χ3v) is 11.5. The molecule has 2 nitrogen and oxygen atoms in total. The number of hydrogen-bond acceptors (Lipinski definition) is 2. The van der Waals surface area contributed by atoms with E-state index in [0.29, 0.717) is 0 Å². The molecule has 0 saturated heterocycles. The Morgan fingerprint density at radius 3 is 1.55 bits per heavy atom. The second-order valence-electron chi connectivity index (χ2n) is 14.9. The van der Waals surface area contributed by atoms with Gasteiger partial charge in [-0.15, -0.1) is 0 Å². The van der Waals surface area contributed by atoms with Crippen molar-refractivity contribution >= 4 is 60.5 Å². The van der Waals surface area contributed by atoms with Crippen molar-refractivity contribution in [3.05, 3.63) is 224 Å². The number of furan rings is 1. The van der Waals surface area contributed by atoms with E-state index in [1.54, 1.807) is 0 Å². The molecular formula is C56H37NO. The molecule has 0 spiro atoms. The van der Waals surface area contributed by atoms with Crippen LogP contribution in [-0.2, 0) is 0 Å². The van der Waals surface area contributed by atoms with Gasteiger partial charge in [-0.25, -0.2) is 0 Å². The summed E-state index contributed by atoms with van der Waals surface area (Å²) in [5, 5.41) is 7.31. The Labute approximate surface area is 337 Å². The van der Waals surface area contributed by atoms with E-state index in [0.717, 1.165) is 50.1 Å². The topological polar surface area (TPSA) is 16.4 Å². The molecular weight excluding hydrogens is 703 g/mol. The maximum atomic E-state index is 6.37. The summed E-state index contributed by atoms with van der Waals surface area (Å²) in [6, 6.07) is 80.7. The van der Waals surface area contributed by atoms with Crippen molar-refractivity contribution in [2.24, 2.45) is 0 Å². The molecule has 272 valence electrons. The van der Waals surface area contributed by atoms with Crippen molar-refractivity contribution in [3.63, 3.8) is 0 Å². The lowest BCUT2D eigenvalue weighted by Crippen LogP contribution is -2.11. The molecule has 0 amide bonds. The van der Waals surface area contributed by atoms with Crippen molar-refractivity contribution in [3.8, 4) is 44.5 Å². The van der Waals surface area contributed by atoms with Crippen LogP contribution in [0, 0.1) is 0 Å². The van der Waals surface area contributed by atoms with Gasteiger partial charge < -0.3 is 9.32 Å². The van der Waals surface area contributed by atoms with Gasteiger partial charge in [0, 0.05) is 27.7 Å². The summed E-state index contributed by atoms with van der Waals surface area (Å²) < 4.78 is 6.37. The number of anilines is 3.